The van der Waals surface area contributed by atoms with Crippen LogP contribution in [-0.4, -0.2) is 17.7 Å². The summed E-state index contributed by atoms with van der Waals surface area (Å²) < 4.78 is 10.8. The summed E-state index contributed by atoms with van der Waals surface area (Å²) in [4.78, 5) is 1.19. The molecule has 2 aliphatic carbocycles. The molecule has 3 aromatic rings. The molecule has 0 amide bonds. The van der Waals surface area contributed by atoms with Gasteiger partial charge in [0.2, 0.25) is 0 Å². The Morgan fingerprint density at radius 1 is 1.03 bits per heavy atom. The molecule has 1 aromatic heterocycles. The van der Waals surface area contributed by atoms with Crippen LogP contribution in [0.1, 0.15) is 50.5 Å². The molecule has 1 N–H and O–H groups in total. The van der Waals surface area contributed by atoms with Crippen LogP contribution >= 0.6 is 11.9 Å². The first-order valence-electron chi connectivity index (χ1n) is 10.8. The van der Waals surface area contributed by atoms with Crippen LogP contribution in [0.25, 0.3) is 22.2 Å². The maximum Gasteiger partial charge on any atom is 0.120 e. The average Bonchev–Trinajstić information content (AvgIpc) is 3.31. The van der Waals surface area contributed by atoms with Crippen LogP contribution in [0.2, 0.25) is 0 Å². The van der Waals surface area contributed by atoms with E-state index in [1.165, 1.54) is 49.8 Å². The molecule has 30 heavy (non-hydrogen) atoms. The number of nitrogens with zero attached hydrogens (tertiary/aromatic N) is 2. The molecule has 156 valence electrons. The molecular weight excluding hydrogens is 390 g/mol. The number of nitrogens with one attached hydrogen (secondary N) is 1. The fourth-order valence-electron chi connectivity index (χ4n) is 3.91. The fraction of sp³-hybridized carbons (Fsp3) is 0.400. The smallest absolute Gasteiger partial charge is 0.120 e. The quantitative estimate of drug-likeness (QED) is 0.484. The van der Waals surface area contributed by atoms with E-state index in [1.807, 2.05) is 25.2 Å². The molecule has 0 unspecified atom stereocenters. The maximum atomic E-state index is 9.72. The van der Waals surface area contributed by atoms with Crippen molar-refractivity contribution < 1.29 is 4.74 Å². The lowest BCUT2D eigenvalue weighted by atomic mass is 10.1. The van der Waals surface area contributed by atoms with Crippen molar-refractivity contribution in [2.24, 2.45) is 7.05 Å². The maximum absolute atomic E-state index is 9.72. The van der Waals surface area contributed by atoms with E-state index in [-0.39, 0.29) is 0 Å². The van der Waals surface area contributed by atoms with E-state index in [1.54, 1.807) is 19.1 Å². The van der Waals surface area contributed by atoms with Gasteiger partial charge in [-0.1, -0.05) is 44.2 Å². The zero-order chi connectivity index (χ0) is 20.9. The highest BCUT2D eigenvalue weighted by atomic mass is 32.2. The highest BCUT2D eigenvalue weighted by Crippen LogP contribution is 2.35. The molecule has 0 atom stereocenters. The number of methoxy groups -OCH3 is 1. The second kappa shape index (κ2) is 9.59. The first-order valence-corrected chi connectivity index (χ1v) is 11.6. The Hall–Kier alpha value is -2.42. The van der Waals surface area contributed by atoms with Crippen molar-refractivity contribution in [3.05, 3.63) is 48.0 Å². The lowest BCUT2D eigenvalue weighted by molar-refractivity contribution is 0.415. The standard InChI is InChI=1S/C20H19N3OS.C5H10/c1-23-19-11-15(24-2)7-10-17(19)18(12-21)20(23)13-3-8-16(9-4-13)25-22-14-5-6-14;1-2-4-5-3-1/h3-4,7-11,14,22H,5-6H2,1-2H3;1-5H2. The van der Waals surface area contributed by atoms with Crippen LogP contribution in [0.15, 0.2) is 47.4 Å². The van der Waals surface area contributed by atoms with Gasteiger partial charge in [0.05, 0.1) is 23.9 Å². The number of fused-ring (bicyclic) bond motifs is 1. The van der Waals surface area contributed by atoms with Gasteiger partial charge in [0.25, 0.3) is 0 Å². The number of nitriles is 1. The molecule has 5 rings (SSSR count). The number of hydrogen-bond acceptors (Lipinski definition) is 4. The van der Waals surface area contributed by atoms with Gasteiger partial charge in [-0.15, -0.1) is 0 Å². The summed E-state index contributed by atoms with van der Waals surface area (Å²) in [7, 11) is 3.65. The van der Waals surface area contributed by atoms with Crippen molar-refractivity contribution in [3.63, 3.8) is 0 Å². The Kier molecular flexibility index (Phi) is 6.66. The Balaban J connectivity index is 0.000000383. The molecule has 2 fully saturated rings. The highest BCUT2D eigenvalue weighted by Gasteiger charge is 2.21. The van der Waals surface area contributed by atoms with Gasteiger partial charge < -0.3 is 9.30 Å². The summed E-state index contributed by atoms with van der Waals surface area (Å²) in [6.45, 7) is 0. The molecule has 0 bridgehead atoms. The van der Waals surface area contributed by atoms with Gasteiger partial charge in [0, 0.05) is 29.4 Å². The molecule has 2 aromatic carbocycles. The third kappa shape index (κ3) is 4.66. The van der Waals surface area contributed by atoms with Crippen molar-refractivity contribution in [1.82, 2.24) is 9.29 Å². The largest absolute Gasteiger partial charge is 0.497 e. The molecule has 0 radical (unpaired) electrons. The Bertz CT molecular complexity index is 1030. The molecule has 0 spiro atoms. The van der Waals surface area contributed by atoms with E-state index < -0.39 is 0 Å². The third-order valence-corrected chi connectivity index (χ3v) is 6.78. The normalized spacial score (nSPS) is 15.5. The molecule has 5 heteroatoms. The molecular formula is C25H29N3OS. The lowest BCUT2D eigenvalue weighted by Gasteiger charge is -2.07. The van der Waals surface area contributed by atoms with Crippen molar-refractivity contribution >= 4 is 22.9 Å². The Labute approximate surface area is 183 Å². The summed E-state index contributed by atoms with van der Waals surface area (Å²) in [6.07, 6.45) is 10.0. The average molecular weight is 420 g/mol. The number of rotatable bonds is 5. The highest BCUT2D eigenvalue weighted by molar-refractivity contribution is 7.97. The molecule has 1 heterocycles. The number of benzene rings is 2. The van der Waals surface area contributed by atoms with E-state index in [2.05, 4.69) is 39.6 Å². The van der Waals surface area contributed by atoms with Crippen LogP contribution in [0.3, 0.4) is 0 Å². The Morgan fingerprint density at radius 3 is 2.27 bits per heavy atom. The van der Waals surface area contributed by atoms with Crippen LogP contribution in [0.4, 0.5) is 0 Å². The van der Waals surface area contributed by atoms with Crippen molar-refractivity contribution in [2.45, 2.75) is 55.9 Å². The molecule has 2 saturated carbocycles. The summed E-state index contributed by atoms with van der Waals surface area (Å²) in [5.74, 6) is 0.794. The van der Waals surface area contributed by atoms with Crippen molar-refractivity contribution in [1.29, 1.82) is 5.26 Å². The zero-order valence-electron chi connectivity index (χ0n) is 17.8. The van der Waals surface area contributed by atoms with E-state index in [0.29, 0.717) is 11.6 Å². The summed E-state index contributed by atoms with van der Waals surface area (Å²) in [5, 5.41) is 10.7. The van der Waals surface area contributed by atoms with Crippen LogP contribution < -0.4 is 9.46 Å². The van der Waals surface area contributed by atoms with E-state index in [0.717, 1.165) is 27.9 Å². The SMILES string of the molecule is C1CCCC1.COc1ccc2c(C#N)c(-c3ccc(SNC4CC4)cc3)n(C)c2c1. The molecule has 4 nitrogen and oxygen atoms in total. The number of hydrogen-bond donors (Lipinski definition) is 1. The van der Waals surface area contributed by atoms with Gasteiger partial charge in [0.15, 0.2) is 0 Å². The minimum absolute atomic E-state index is 0.669. The zero-order valence-corrected chi connectivity index (χ0v) is 18.6. The second-order valence-electron chi connectivity index (χ2n) is 8.06. The van der Waals surface area contributed by atoms with E-state index in [9.17, 15) is 5.26 Å². The van der Waals surface area contributed by atoms with Gasteiger partial charge in [-0.2, -0.15) is 5.26 Å². The molecule has 0 aliphatic heterocycles. The van der Waals surface area contributed by atoms with Gasteiger partial charge in [-0.25, -0.2) is 0 Å². The van der Waals surface area contributed by atoms with E-state index in [4.69, 9.17) is 4.74 Å². The summed E-state index contributed by atoms with van der Waals surface area (Å²) >= 11 is 1.68. The van der Waals surface area contributed by atoms with Gasteiger partial charge >= 0.3 is 0 Å². The third-order valence-electron chi connectivity index (χ3n) is 5.82. The fourth-order valence-corrected chi connectivity index (χ4v) is 4.72. The first-order chi connectivity index (χ1) is 14.7. The summed E-state index contributed by atoms with van der Waals surface area (Å²) in [6, 6.07) is 17.3. The summed E-state index contributed by atoms with van der Waals surface area (Å²) in [5.41, 5.74) is 3.69. The van der Waals surface area contributed by atoms with Crippen LogP contribution in [0, 0.1) is 11.3 Å². The topological polar surface area (TPSA) is 50.0 Å². The minimum atomic E-state index is 0.669. The second-order valence-corrected chi connectivity index (χ2v) is 8.98. The number of aryl methyl sites for hydroxylation is 1. The van der Waals surface area contributed by atoms with Crippen LogP contribution in [0.5, 0.6) is 5.75 Å². The number of ether oxygens (including phenoxy) is 1. The van der Waals surface area contributed by atoms with E-state index >= 15 is 0 Å². The minimum Gasteiger partial charge on any atom is -0.497 e. The lowest BCUT2D eigenvalue weighted by Crippen LogP contribution is -2.04. The number of aromatic nitrogens is 1. The van der Waals surface area contributed by atoms with Crippen molar-refractivity contribution in [3.8, 4) is 23.1 Å². The Morgan fingerprint density at radius 2 is 1.70 bits per heavy atom. The first kappa shape index (κ1) is 20.8. The predicted octanol–water partition coefficient (Wildman–Crippen LogP) is 6.44. The van der Waals surface area contributed by atoms with Gasteiger partial charge in [0.1, 0.15) is 11.8 Å². The predicted molar refractivity (Wildman–Crippen MR) is 125 cm³/mol. The van der Waals surface area contributed by atoms with Gasteiger partial charge in [-0.3, -0.25) is 4.72 Å². The van der Waals surface area contributed by atoms with Crippen molar-refractivity contribution in [2.75, 3.05) is 7.11 Å². The monoisotopic (exact) mass is 419 g/mol. The molecule has 0 saturated heterocycles. The van der Waals surface area contributed by atoms with Gasteiger partial charge in [-0.05, 0) is 54.6 Å². The molecule has 2 aliphatic rings. The van der Waals surface area contributed by atoms with Crippen LogP contribution in [-0.2, 0) is 7.05 Å².